The Morgan fingerprint density at radius 1 is 1.17 bits per heavy atom. The van der Waals surface area contributed by atoms with E-state index in [0.717, 1.165) is 26.2 Å². The van der Waals surface area contributed by atoms with Gasteiger partial charge in [0.25, 0.3) is 0 Å². The summed E-state index contributed by atoms with van der Waals surface area (Å²) in [4.78, 5) is 3.81. The fourth-order valence-corrected chi connectivity index (χ4v) is 5.19. The highest BCUT2D eigenvalue weighted by atomic mass is 32.1. The van der Waals surface area contributed by atoms with Crippen molar-refractivity contribution < 1.29 is 5.11 Å². The number of piperidine rings is 1. The van der Waals surface area contributed by atoms with E-state index in [4.69, 9.17) is 0 Å². The maximum absolute atomic E-state index is 9.18. The molecule has 1 aromatic carbocycles. The Labute approximate surface area is 148 Å². The van der Waals surface area contributed by atoms with Gasteiger partial charge in [-0.25, -0.2) is 0 Å². The second-order valence-electron chi connectivity index (χ2n) is 7.15. The number of thiophene rings is 1. The van der Waals surface area contributed by atoms with E-state index in [1.54, 1.807) is 5.56 Å². The monoisotopic (exact) mass is 342 g/mol. The van der Waals surface area contributed by atoms with Gasteiger partial charge in [0.15, 0.2) is 0 Å². The molecule has 1 aliphatic heterocycles. The van der Waals surface area contributed by atoms with Crippen LogP contribution in [-0.4, -0.2) is 36.2 Å². The van der Waals surface area contributed by atoms with E-state index in [2.05, 4.69) is 52.0 Å². The summed E-state index contributed by atoms with van der Waals surface area (Å²) in [7, 11) is 0. The van der Waals surface area contributed by atoms with Gasteiger partial charge in [-0.05, 0) is 60.3 Å². The molecule has 2 heterocycles. The summed E-state index contributed by atoms with van der Waals surface area (Å²) < 4.78 is 0. The first kappa shape index (κ1) is 16.3. The van der Waals surface area contributed by atoms with Gasteiger partial charge in [0.2, 0.25) is 0 Å². The molecule has 128 valence electrons. The molecule has 2 aromatic rings. The highest BCUT2D eigenvalue weighted by Crippen LogP contribution is 2.50. The van der Waals surface area contributed by atoms with Crippen LogP contribution in [0.1, 0.15) is 41.3 Å². The average molecular weight is 343 g/mol. The minimum absolute atomic E-state index is 0.272. The van der Waals surface area contributed by atoms with Gasteiger partial charge < -0.3 is 15.3 Å². The number of benzene rings is 1. The van der Waals surface area contributed by atoms with E-state index in [0.29, 0.717) is 11.5 Å². The average Bonchev–Trinajstić information content (AvgIpc) is 3.23. The van der Waals surface area contributed by atoms with Crippen molar-refractivity contribution in [3.8, 4) is 0 Å². The molecule has 1 aliphatic carbocycles. The van der Waals surface area contributed by atoms with Crippen molar-refractivity contribution in [2.24, 2.45) is 0 Å². The largest absolute Gasteiger partial charge is 0.395 e. The molecule has 0 radical (unpaired) electrons. The van der Waals surface area contributed by atoms with Gasteiger partial charge in [0.1, 0.15) is 0 Å². The van der Waals surface area contributed by atoms with Crippen LogP contribution in [0.4, 0.5) is 0 Å². The molecule has 4 rings (SSSR count). The quantitative estimate of drug-likeness (QED) is 0.875. The third-order valence-electron chi connectivity index (χ3n) is 5.83. The van der Waals surface area contributed by atoms with Gasteiger partial charge in [-0.15, -0.1) is 11.3 Å². The third kappa shape index (κ3) is 3.04. The van der Waals surface area contributed by atoms with E-state index in [9.17, 15) is 5.11 Å². The fraction of sp³-hybridized carbons (Fsp3) is 0.500. The number of nitrogens with zero attached hydrogens (tertiary/aromatic N) is 1. The first-order valence-electron chi connectivity index (χ1n) is 8.99. The molecule has 0 saturated carbocycles. The molecule has 24 heavy (non-hydrogen) atoms. The Balaban J connectivity index is 1.51. The van der Waals surface area contributed by atoms with Gasteiger partial charge in [-0.2, -0.15) is 0 Å². The van der Waals surface area contributed by atoms with E-state index in [1.807, 2.05) is 11.3 Å². The van der Waals surface area contributed by atoms with E-state index < -0.39 is 0 Å². The number of aliphatic hydroxyl groups excluding tert-OH is 1. The zero-order chi connectivity index (χ0) is 16.4. The first-order chi connectivity index (χ1) is 11.8. The van der Waals surface area contributed by atoms with Crippen molar-refractivity contribution in [3.05, 3.63) is 57.8 Å². The van der Waals surface area contributed by atoms with Crippen LogP contribution in [0.2, 0.25) is 0 Å². The van der Waals surface area contributed by atoms with E-state index in [-0.39, 0.29) is 6.61 Å². The van der Waals surface area contributed by atoms with Crippen LogP contribution in [0.5, 0.6) is 0 Å². The normalized spacial score (nSPS) is 22.8. The highest BCUT2D eigenvalue weighted by molar-refractivity contribution is 7.09. The Morgan fingerprint density at radius 3 is 2.75 bits per heavy atom. The molecule has 1 aromatic heterocycles. The first-order valence-corrected chi connectivity index (χ1v) is 9.87. The lowest BCUT2D eigenvalue weighted by Crippen LogP contribution is -2.42. The van der Waals surface area contributed by atoms with Crippen molar-refractivity contribution in [3.63, 3.8) is 0 Å². The number of β-amino-alcohol motifs (C(OH)–C–C–N with tert-alkyl or cyclic N) is 1. The molecule has 4 heteroatoms. The summed E-state index contributed by atoms with van der Waals surface area (Å²) in [6.45, 7) is 4.26. The summed E-state index contributed by atoms with van der Waals surface area (Å²) in [5, 5.41) is 15.1. The van der Waals surface area contributed by atoms with Crippen molar-refractivity contribution in [1.82, 2.24) is 10.2 Å². The van der Waals surface area contributed by atoms with Crippen LogP contribution in [0.25, 0.3) is 0 Å². The summed E-state index contributed by atoms with van der Waals surface area (Å²) in [5.74, 6) is 0. The number of fused-ring (bicyclic) bond motifs is 2. The predicted molar refractivity (Wildman–Crippen MR) is 99.4 cm³/mol. The van der Waals surface area contributed by atoms with Crippen molar-refractivity contribution in [2.75, 3.05) is 26.2 Å². The van der Waals surface area contributed by atoms with Crippen LogP contribution in [-0.2, 0) is 12.0 Å². The van der Waals surface area contributed by atoms with Gasteiger partial charge >= 0.3 is 0 Å². The van der Waals surface area contributed by atoms with Gasteiger partial charge in [-0.1, -0.05) is 30.3 Å². The van der Waals surface area contributed by atoms with Crippen LogP contribution >= 0.6 is 11.3 Å². The molecule has 2 aliphatic rings. The summed E-state index contributed by atoms with van der Waals surface area (Å²) >= 11 is 1.83. The standard InChI is InChI=1S/C20H26N2OS/c23-12-11-22-9-7-20(8-10-22)14-19(17-5-1-2-6-18(17)20)21-15-16-4-3-13-24-16/h1-6,13,19,21,23H,7-12,14-15H2. The maximum atomic E-state index is 9.18. The third-order valence-corrected chi connectivity index (χ3v) is 6.71. The zero-order valence-electron chi connectivity index (χ0n) is 14.1. The zero-order valence-corrected chi connectivity index (χ0v) is 14.9. The Hall–Kier alpha value is -1.20. The molecule has 1 fully saturated rings. The van der Waals surface area contributed by atoms with Crippen molar-refractivity contribution in [2.45, 2.75) is 37.3 Å². The molecule has 2 N–H and O–H groups in total. The molecular formula is C20H26N2OS. The van der Waals surface area contributed by atoms with E-state index >= 15 is 0 Å². The van der Waals surface area contributed by atoms with Crippen molar-refractivity contribution >= 4 is 11.3 Å². The smallest absolute Gasteiger partial charge is 0.0558 e. The van der Waals surface area contributed by atoms with Crippen LogP contribution in [0.3, 0.4) is 0 Å². The second kappa shape index (κ2) is 6.96. The van der Waals surface area contributed by atoms with Gasteiger partial charge in [0.05, 0.1) is 6.61 Å². The molecule has 0 bridgehead atoms. The van der Waals surface area contributed by atoms with Crippen molar-refractivity contribution in [1.29, 1.82) is 0 Å². The number of hydrogen-bond donors (Lipinski definition) is 2. The Bertz CT molecular complexity index is 662. The Morgan fingerprint density at radius 2 is 2.00 bits per heavy atom. The summed E-state index contributed by atoms with van der Waals surface area (Å²) in [6, 6.07) is 13.8. The lowest BCUT2D eigenvalue weighted by molar-refractivity contribution is 0.127. The SMILES string of the molecule is OCCN1CCC2(CC1)CC(NCc1cccs1)c1ccccc12. The van der Waals surface area contributed by atoms with Crippen LogP contribution in [0.15, 0.2) is 41.8 Å². The van der Waals surface area contributed by atoms with Crippen LogP contribution < -0.4 is 5.32 Å². The van der Waals surface area contributed by atoms with E-state index in [1.165, 1.54) is 29.7 Å². The molecule has 1 spiro atoms. The molecule has 1 unspecified atom stereocenters. The summed E-state index contributed by atoms with van der Waals surface area (Å²) in [6.07, 6.45) is 3.63. The number of hydrogen-bond acceptors (Lipinski definition) is 4. The topological polar surface area (TPSA) is 35.5 Å². The fourth-order valence-electron chi connectivity index (χ4n) is 4.53. The predicted octanol–water partition coefficient (Wildman–Crippen LogP) is 3.31. The van der Waals surface area contributed by atoms with Gasteiger partial charge in [-0.3, -0.25) is 0 Å². The number of aliphatic hydroxyl groups is 1. The maximum Gasteiger partial charge on any atom is 0.0558 e. The number of nitrogens with one attached hydrogen (secondary N) is 1. The Kier molecular flexibility index (Phi) is 4.72. The lowest BCUT2D eigenvalue weighted by atomic mass is 9.73. The molecule has 1 saturated heterocycles. The second-order valence-corrected chi connectivity index (χ2v) is 8.18. The summed E-state index contributed by atoms with van der Waals surface area (Å²) in [5.41, 5.74) is 3.40. The molecular weight excluding hydrogens is 316 g/mol. The number of likely N-dealkylation sites (tertiary alicyclic amines) is 1. The lowest BCUT2D eigenvalue weighted by Gasteiger charge is -2.40. The van der Waals surface area contributed by atoms with Gasteiger partial charge in [0, 0.05) is 24.0 Å². The highest BCUT2D eigenvalue weighted by Gasteiger charge is 2.44. The number of rotatable bonds is 5. The minimum Gasteiger partial charge on any atom is -0.395 e. The molecule has 1 atom stereocenters. The molecule has 0 amide bonds. The molecule has 3 nitrogen and oxygen atoms in total. The minimum atomic E-state index is 0.272. The van der Waals surface area contributed by atoms with Crippen LogP contribution in [0, 0.1) is 0 Å².